The van der Waals surface area contributed by atoms with Crippen LogP contribution in [0, 0.1) is 5.82 Å². The maximum absolute atomic E-state index is 13.5. The number of alkyl halides is 3. The fourth-order valence-electron chi connectivity index (χ4n) is 2.85. The Bertz CT molecular complexity index is 812. The van der Waals surface area contributed by atoms with Crippen LogP contribution in [0.4, 0.5) is 17.6 Å². The first-order valence-corrected chi connectivity index (χ1v) is 9.42. The summed E-state index contributed by atoms with van der Waals surface area (Å²) in [5.41, 5.74) is 0.0279. The van der Waals surface area contributed by atoms with Crippen molar-refractivity contribution in [2.75, 3.05) is 20.1 Å². The van der Waals surface area contributed by atoms with Crippen molar-refractivity contribution < 1.29 is 17.6 Å². The molecule has 1 aliphatic carbocycles. The van der Waals surface area contributed by atoms with Crippen LogP contribution >= 0.6 is 11.3 Å². The van der Waals surface area contributed by atoms with E-state index in [1.54, 1.807) is 19.2 Å². The first-order chi connectivity index (χ1) is 12.8. The molecule has 146 valence electrons. The quantitative estimate of drug-likeness (QED) is 0.441. The van der Waals surface area contributed by atoms with Gasteiger partial charge in [-0.3, -0.25) is 4.99 Å². The molecule has 1 heterocycles. The monoisotopic (exact) mass is 400 g/mol. The molecular formula is C18H20F4N4S. The minimum atomic E-state index is -4.41. The fourth-order valence-corrected chi connectivity index (χ4v) is 3.66. The lowest BCUT2D eigenvalue weighted by molar-refractivity contribution is -0.140. The Kier molecular flexibility index (Phi) is 5.69. The standard InChI is InChI=1S/C18H20F4N4S/c1-23-16(24-8-5-15-26-14(10-27-15)18(20,21)22)25-11-17(6-7-17)12-3-2-4-13(19)9-12/h2-4,9-10H,5-8,11H2,1H3,(H2,23,24,25). The molecule has 27 heavy (non-hydrogen) atoms. The van der Waals surface area contributed by atoms with Gasteiger partial charge < -0.3 is 10.6 Å². The van der Waals surface area contributed by atoms with Crippen molar-refractivity contribution in [1.29, 1.82) is 0 Å². The summed E-state index contributed by atoms with van der Waals surface area (Å²) in [5.74, 6) is 0.313. The molecule has 1 saturated carbocycles. The zero-order valence-electron chi connectivity index (χ0n) is 14.7. The van der Waals surface area contributed by atoms with Gasteiger partial charge in [-0.15, -0.1) is 11.3 Å². The highest BCUT2D eigenvalue weighted by Gasteiger charge is 2.44. The molecule has 0 bridgehead atoms. The van der Waals surface area contributed by atoms with Crippen LogP contribution in [0.15, 0.2) is 34.6 Å². The van der Waals surface area contributed by atoms with Crippen LogP contribution in [-0.4, -0.2) is 31.1 Å². The van der Waals surface area contributed by atoms with E-state index in [2.05, 4.69) is 20.6 Å². The summed E-state index contributed by atoms with van der Waals surface area (Å²) in [5, 5.41) is 7.75. The SMILES string of the molecule is CN=C(NCCc1nc(C(F)(F)F)cs1)NCC1(c2cccc(F)c2)CC1. The molecule has 2 aromatic rings. The average molecular weight is 400 g/mol. The van der Waals surface area contributed by atoms with E-state index in [-0.39, 0.29) is 11.2 Å². The van der Waals surface area contributed by atoms with Gasteiger partial charge in [0, 0.05) is 37.4 Å². The van der Waals surface area contributed by atoms with Crippen LogP contribution < -0.4 is 10.6 Å². The van der Waals surface area contributed by atoms with E-state index in [1.165, 1.54) is 6.07 Å². The Morgan fingerprint density at radius 1 is 1.30 bits per heavy atom. The Labute approximate surface area is 158 Å². The van der Waals surface area contributed by atoms with Crippen molar-refractivity contribution in [2.24, 2.45) is 4.99 Å². The number of nitrogens with one attached hydrogen (secondary N) is 2. The number of aliphatic imine (C=N–C) groups is 1. The highest BCUT2D eigenvalue weighted by molar-refractivity contribution is 7.09. The predicted molar refractivity (Wildman–Crippen MR) is 97.5 cm³/mol. The molecule has 0 spiro atoms. The van der Waals surface area contributed by atoms with Crippen LogP contribution in [0.5, 0.6) is 0 Å². The number of aromatic nitrogens is 1. The summed E-state index contributed by atoms with van der Waals surface area (Å²) in [4.78, 5) is 7.73. The topological polar surface area (TPSA) is 49.3 Å². The van der Waals surface area contributed by atoms with Gasteiger partial charge in [0.15, 0.2) is 11.7 Å². The maximum atomic E-state index is 13.5. The Balaban J connectivity index is 1.48. The normalized spacial score (nSPS) is 16.3. The number of benzene rings is 1. The summed E-state index contributed by atoms with van der Waals surface area (Å²) >= 11 is 0.995. The summed E-state index contributed by atoms with van der Waals surface area (Å²) in [7, 11) is 1.63. The van der Waals surface area contributed by atoms with Crippen molar-refractivity contribution in [1.82, 2.24) is 15.6 Å². The van der Waals surface area contributed by atoms with E-state index in [4.69, 9.17) is 0 Å². The third-order valence-corrected chi connectivity index (χ3v) is 5.49. The maximum Gasteiger partial charge on any atom is 0.434 e. The second-order valence-electron chi connectivity index (χ2n) is 6.52. The van der Waals surface area contributed by atoms with Gasteiger partial charge in [-0.2, -0.15) is 13.2 Å². The van der Waals surface area contributed by atoms with E-state index in [9.17, 15) is 17.6 Å². The van der Waals surface area contributed by atoms with Crippen LogP contribution in [0.2, 0.25) is 0 Å². The van der Waals surface area contributed by atoms with Gasteiger partial charge >= 0.3 is 6.18 Å². The smallest absolute Gasteiger partial charge is 0.356 e. The molecule has 1 fully saturated rings. The van der Waals surface area contributed by atoms with Crippen molar-refractivity contribution in [3.05, 3.63) is 51.7 Å². The van der Waals surface area contributed by atoms with Gasteiger partial charge in [0.05, 0.1) is 5.01 Å². The van der Waals surface area contributed by atoms with E-state index in [0.717, 1.165) is 35.1 Å². The molecule has 3 rings (SSSR count). The molecule has 0 atom stereocenters. The van der Waals surface area contributed by atoms with Crippen LogP contribution in [-0.2, 0) is 18.0 Å². The predicted octanol–water partition coefficient (Wildman–Crippen LogP) is 3.74. The number of halogens is 4. The van der Waals surface area contributed by atoms with E-state index >= 15 is 0 Å². The van der Waals surface area contributed by atoms with E-state index in [1.807, 2.05) is 6.07 Å². The van der Waals surface area contributed by atoms with Gasteiger partial charge in [0.1, 0.15) is 5.82 Å². The van der Waals surface area contributed by atoms with E-state index < -0.39 is 11.9 Å². The number of thiazole rings is 1. The molecule has 2 N–H and O–H groups in total. The lowest BCUT2D eigenvalue weighted by Crippen LogP contribution is -2.42. The third kappa shape index (κ3) is 4.97. The minimum Gasteiger partial charge on any atom is -0.356 e. The molecule has 1 aliphatic rings. The van der Waals surface area contributed by atoms with Gasteiger partial charge in [-0.25, -0.2) is 9.37 Å². The molecule has 0 radical (unpaired) electrons. The van der Waals surface area contributed by atoms with Crippen molar-refractivity contribution in [2.45, 2.75) is 30.9 Å². The van der Waals surface area contributed by atoms with Gasteiger partial charge in [0.25, 0.3) is 0 Å². The number of guanidine groups is 1. The van der Waals surface area contributed by atoms with Crippen molar-refractivity contribution >= 4 is 17.3 Å². The number of rotatable bonds is 6. The van der Waals surface area contributed by atoms with Crippen LogP contribution in [0.3, 0.4) is 0 Å². The first-order valence-electron chi connectivity index (χ1n) is 8.55. The van der Waals surface area contributed by atoms with Crippen molar-refractivity contribution in [3.8, 4) is 0 Å². The first kappa shape index (κ1) is 19.6. The van der Waals surface area contributed by atoms with Crippen LogP contribution in [0.25, 0.3) is 0 Å². The van der Waals surface area contributed by atoms with Crippen molar-refractivity contribution in [3.63, 3.8) is 0 Å². The largest absolute Gasteiger partial charge is 0.434 e. The number of hydrogen-bond donors (Lipinski definition) is 2. The summed E-state index contributed by atoms with van der Waals surface area (Å²) in [6.45, 7) is 1.03. The zero-order chi connectivity index (χ0) is 19.5. The lowest BCUT2D eigenvalue weighted by Gasteiger charge is -2.19. The molecule has 1 aromatic carbocycles. The third-order valence-electron chi connectivity index (χ3n) is 4.58. The molecular weight excluding hydrogens is 380 g/mol. The van der Waals surface area contributed by atoms with Crippen LogP contribution in [0.1, 0.15) is 29.1 Å². The Morgan fingerprint density at radius 3 is 2.67 bits per heavy atom. The number of nitrogens with zero attached hydrogens (tertiary/aromatic N) is 2. The molecule has 4 nitrogen and oxygen atoms in total. The summed E-state index contributed by atoms with van der Waals surface area (Å²) < 4.78 is 51.2. The van der Waals surface area contributed by atoms with Gasteiger partial charge in [-0.1, -0.05) is 12.1 Å². The molecule has 0 unspecified atom stereocenters. The average Bonchev–Trinajstić information content (AvgIpc) is 3.26. The highest BCUT2D eigenvalue weighted by atomic mass is 32.1. The Hall–Kier alpha value is -2.16. The summed E-state index contributed by atoms with van der Waals surface area (Å²) in [6, 6.07) is 6.62. The lowest BCUT2D eigenvalue weighted by atomic mass is 9.96. The zero-order valence-corrected chi connectivity index (χ0v) is 15.6. The second-order valence-corrected chi connectivity index (χ2v) is 7.46. The Morgan fingerprint density at radius 2 is 2.07 bits per heavy atom. The van der Waals surface area contributed by atoms with E-state index in [0.29, 0.717) is 30.5 Å². The summed E-state index contributed by atoms with van der Waals surface area (Å²) in [6.07, 6.45) is -2.09. The molecule has 0 amide bonds. The van der Waals surface area contributed by atoms with Gasteiger partial charge in [-0.05, 0) is 30.5 Å². The molecule has 0 saturated heterocycles. The second kappa shape index (κ2) is 7.84. The number of hydrogen-bond acceptors (Lipinski definition) is 3. The fraction of sp³-hybridized carbons (Fsp3) is 0.444. The van der Waals surface area contributed by atoms with Gasteiger partial charge in [0.2, 0.25) is 0 Å². The minimum absolute atomic E-state index is 0.0867. The molecule has 9 heteroatoms. The highest BCUT2D eigenvalue weighted by Crippen LogP contribution is 2.47. The molecule has 1 aromatic heterocycles. The molecule has 0 aliphatic heterocycles.